The Bertz CT molecular complexity index is 494. The Kier molecular flexibility index (Phi) is 5.23. The predicted molar refractivity (Wildman–Crippen MR) is 85.9 cm³/mol. The molecule has 1 atom stereocenters. The topological polar surface area (TPSA) is 50.4 Å². The van der Waals surface area contributed by atoms with Gasteiger partial charge in [0.15, 0.2) is 0 Å². The maximum atomic E-state index is 12.6. The zero-order chi connectivity index (χ0) is 15.3. The fourth-order valence-corrected chi connectivity index (χ4v) is 2.77. The summed E-state index contributed by atoms with van der Waals surface area (Å²) < 4.78 is 5.76. The summed E-state index contributed by atoms with van der Waals surface area (Å²) in [4.78, 5) is 12.6. The lowest BCUT2D eigenvalue weighted by atomic mass is 9.93. The molecule has 1 saturated heterocycles. The Morgan fingerprint density at radius 1 is 1.43 bits per heavy atom. The molecule has 0 spiro atoms. The van der Waals surface area contributed by atoms with Gasteiger partial charge in [0.05, 0.1) is 17.8 Å². The molecule has 1 aliphatic rings. The van der Waals surface area contributed by atoms with Gasteiger partial charge in [-0.2, -0.15) is 0 Å². The van der Waals surface area contributed by atoms with E-state index >= 15 is 0 Å². The number of hydrogen-bond acceptors (Lipinski definition) is 3. The number of amides is 1. The molecule has 1 aromatic rings. The summed E-state index contributed by atoms with van der Waals surface area (Å²) in [6, 6.07) is 5.90. The number of aryl methyl sites for hydroxylation is 1. The molecule has 2 N–H and O–H groups in total. The fourth-order valence-electron chi connectivity index (χ4n) is 2.77. The lowest BCUT2D eigenvalue weighted by Gasteiger charge is -2.27. The minimum atomic E-state index is -0.424. The van der Waals surface area contributed by atoms with Crippen molar-refractivity contribution in [3.05, 3.63) is 23.8 Å². The van der Waals surface area contributed by atoms with Crippen LogP contribution in [0.5, 0.6) is 5.75 Å². The molecular weight excluding hydrogens is 264 g/mol. The molecule has 1 unspecified atom stereocenters. The number of hydrogen-bond donors (Lipinski definition) is 2. The van der Waals surface area contributed by atoms with Crippen molar-refractivity contribution in [2.45, 2.75) is 52.0 Å². The van der Waals surface area contributed by atoms with Gasteiger partial charge in [-0.15, -0.1) is 0 Å². The van der Waals surface area contributed by atoms with E-state index in [1.807, 2.05) is 25.1 Å². The lowest BCUT2D eigenvalue weighted by molar-refractivity contribution is -0.122. The van der Waals surface area contributed by atoms with E-state index in [9.17, 15) is 4.79 Å². The van der Waals surface area contributed by atoms with Crippen molar-refractivity contribution < 1.29 is 9.53 Å². The zero-order valence-corrected chi connectivity index (χ0v) is 13.3. The smallest absolute Gasteiger partial charge is 0.244 e. The van der Waals surface area contributed by atoms with Crippen LogP contribution in [0.1, 0.15) is 45.1 Å². The molecule has 0 bridgehead atoms. The van der Waals surface area contributed by atoms with Crippen molar-refractivity contribution >= 4 is 11.6 Å². The summed E-state index contributed by atoms with van der Waals surface area (Å²) in [5, 5.41) is 6.41. The third-order valence-electron chi connectivity index (χ3n) is 4.13. The Hall–Kier alpha value is -1.55. The quantitative estimate of drug-likeness (QED) is 0.845. The van der Waals surface area contributed by atoms with E-state index in [0.717, 1.165) is 49.2 Å². The molecule has 0 saturated carbocycles. The number of carbonyl (C=O) groups excluding carboxylic acids is 1. The molecule has 4 heteroatoms. The van der Waals surface area contributed by atoms with E-state index in [1.54, 1.807) is 0 Å². The number of ether oxygens (including phenoxy) is 1. The first kappa shape index (κ1) is 15.8. The van der Waals surface area contributed by atoms with Gasteiger partial charge in [-0.25, -0.2) is 0 Å². The first-order chi connectivity index (χ1) is 10.1. The second kappa shape index (κ2) is 6.94. The van der Waals surface area contributed by atoms with Gasteiger partial charge in [-0.3, -0.25) is 4.79 Å². The lowest BCUT2D eigenvalue weighted by Crippen LogP contribution is -2.50. The van der Waals surface area contributed by atoms with E-state index in [0.29, 0.717) is 6.61 Å². The van der Waals surface area contributed by atoms with Crippen LogP contribution in [0, 0.1) is 6.92 Å². The summed E-state index contributed by atoms with van der Waals surface area (Å²) in [5.41, 5.74) is 1.47. The van der Waals surface area contributed by atoms with Crippen LogP contribution in [0.3, 0.4) is 0 Å². The second-order valence-corrected chi connectivity index (χ2v) is 5.77. The van der Waals surface area contributed by atoms with Gasteiger partial charge >= 0.3 is 0 Å². The van der Waals surface area contributed by atoms with Crippen molar-refractivity contribution in [2.75, 3.05) is 18.5 Å². The average molecular weight is 290 g/mol. The standard InChI is InChI=1S/C17H26N2O2/c1-4-11-21-15-12-13(3)7-8-14(15)19-16(20)17(5-2)9-6-10-18-17/h7-8,12,18H,4-6,9-11H2,1-3H3,(H,19,20). The first-order valence-electron chi connectivity index (χ1n) is 7.91. The highest BCUT2D eigenvalue weighted by Gasteiger charge is 2.39. The molecule has 1 aromatic carbocycles. The number of nitrogens with one attached hydrogen (secondary N) is 2. The highest BCUT2D eigenvalue weighted by Crippen LogP contribution is 2.29. The summed E-state index contributed by atoms with van der Waals surface area (Å²) in [6.45, 7) is 7.72. The molecule has 2 rings (SSSR count). The third-order valence-corrected chi connectivity index (χ3v) is 4.13. The van der Waals surface area contributed by atoms with Gasteiger partial charge in [-0.1, -0.05) is 19.9 Å². The Balaban J connectivity index is 2.16. The molecule has 0 aromatic heterocycles. The van der Waals surface area contributed by atoms with Crippen LogP contribution in [-0.2, 0) is 4.79 Å². The zero-order valence-electron chi connectivity index (χ0n) is 13.3. The van der Waals surface area contributed by atoms with Crippen LogP contribution in [0.2, 0.25) is 0 Å². The largest absolute Gasteiger partial charge is 0.491 e. The van der Waals surface area contributed by atoms with Gasteiger partial charge < -0.3 is 15.4 Å². The van der Waals surface area contributed by atoms with Crippen LogP contribution in [0.25, 0.3) is 0 Å². The molecule has 1 amide bonds. The Labute approximate surface area is 127 Å². The number of rotatable bonds is 6. The number of benzene rings is 1. The summed E-state index contributed by atoms with van der Waals surface area (Å²) in [5.74, 6) is 0.808. The normalized spacial score (nSPS) is 21.3. The van der Waals surface area contributed by atoms with Gasteiger partial charge in [0.2, 0.25) is 5.91 Å². The van der Waals surface area contributed by atoms with Crippen LogP contribution in [0.4, 0.5) is 5.69 Å². The monoisotopic (exact) mass is 290 g/mol. The van der Waals surface area contributed by atoms with E-state index in [4.69, 9.17) is 4.74 Å². The highest BCUT2D eigenvalue weighted by atomic mass is 16.5. The average Bonchev–Trinajstić information content (AvgIpc) is 2.97. The van der Waals surface area contributed by atoms with Gasteiger partial charge in [0.1, 0.15) is 5.75 Å². The molecule has 1 aliphatic heterocycles. The molecule has 1 fully saturated rings. The summed E-state index contributed by atoms with van der Waals surface area (Å²) in [6.07, 6.45) is 3.69. The molecule has 4 nitrogen and oxygen atoms in total. The number of carbonyl (C=O) groups is 1. The Morgan fingerprint density at radius 2 is 2.24 bits per heavy atom. The highest BCUT2D eigenvalue weighted by molar-refractivity contribution is 5.99. The first-order valence-corrected chi connectivity index (χ1v) is 7.91. The van der Waals surface area contributed by atoms with Crippen molar-refractivity contribution in [2.24, 2.45) is 0 Å². The number of anilines is 1. The van der Waals surface area contributed by atoms with Crippen molar-refractivity contribution in [1.82, 2.24) is 5.32 Å². The molecular formula is C17H26N2O2. The molecule has 0 radical (unpaired) electrons. The van der Waals surface area contributed by atoms with Crippen molar-refractivity contribution in [3.8, 4) is 5.75 Å². The minimum absolute atomic E-state index is 0.0488. The molecule has 0 aliphatic carbocycles. The van der Waals surface area contributed by atoms with E-state index < -0.39 is 5.54 Å². The van der Waals surface area contributed by atoms with Gasteiger partial charge in [-0.05, 0) is 56.8 Å². The summed E-state index contributed by atoms with van der Waals surface area (Å²) in [7, 11) is 0. The molecule has 1 heterocycles. The van der Waals surface area contributed by atoms with Crippen LogP contribution < -0.4 is 15.4 Å². The second-order valence-electron chi connectivity index (χ2n) is 5.77. The third kappa shape index (κ3) is 3.56. The van der Waals surface area contributed by atoms with E-state index in [-0.39, 0.29) is 5.91 Å². The van der Waals surface area contributed by atoms with E-state index in [2.05, 4.69) is 24.5 Å². The predicted octanol–water partition coefficient (Wildman–Crippen LogP) is 3.25. The van der Waals surface area contributed by atoms with Crippen LogP contribution in [-0.4, -0.2) is 24.6 Å². The van der Waals surface area contributed by atoms with Gasteiger partial charge in [0, 0.05) is 0 Å². The molecule has 21 heavy (non-hydrogen) atoms. The Morgan fingerprint density at radius 3 is 2.86 bits per heavy atom. The SMILES string of the molecule is CCCOc1cc(C)ccc1NC(=O)C1(CC)CCCN1. The van der Waals surface area contributed by atoms with Crippen molar-refractivity contribution in [1.29, 1.82) is 0 Å². The fraction of sp³-hybridized carbons (Fsp3) is 0.588. The van der Waals surface area contributed by atoms with Crippen LogP contribution >= 0.6 is 0 Å². The maximum Gasteiger partial charge on any atom is 0.244 e. The van der Waals surface area contributed by atoms with E-state index in [1.165, 1.54) is 0 Å². The van der Waals surface area contributed by atoms with Crippen LogP contribution in [0.15, 0.2) is 18.2 Å². The molecule has 116 valence electrons. The van der Waals surface area contributed by atoms with Crippen molar-refractivity contribution in [3.63, 3.8) is 0 Å². The minimum Gasteiger partial charge on any atom is -0.491 e. The van der Waals surface area contributed by atoms with Gasteiger partial charge in [0.25, 0.3) is 0 Å². The maximum absolute atomic E-state index is 12.6. The summed E-state index contributed by atoms with van der Waals surface area (Å²) >= 11 is 0.